The minimum absolute atomic E-state index is 0.587. The standard InChI is InChI=1S/C19H23NO/c1-13-4-6-15(7-5-13)16-11-18(12-16)20-17-8-9-19(21-3)14(2)10-17/h4-10,16,18,20H,11-12H2,1-3H3. The molecule has 1 saturated carbocycles. The van der Waals surface area contributed by atoms with E-state index in [2.05, 4.69) is 55.6 Å². The summed E-state index contributed by atoms with van der Waals surface area (Å²) >= 11 is 0. The summed E-state index contributed by atoms with van der Waals surface area (Å²) in [5, 5.41) is 3.63. The van der Waals surface area contributed by atoms with Gasteiger partial charge in [0.2, 0.25) is 0 Å². The molecule has 0 amide bonds. The van der Waals surface area contributed by atoms with Crippen LogP contribution < -0.4 is 10.1 Å². The zero-order valence-electron chi connectivity index (χ0n) is 13.0. The van der Waals surface area contributed by atoms with Crippen LogP contribution >= 0.6 is 0 Å². The molecular weight excluding hydrogens is 258 g/mol. The summed E-state index contributed by atoms with van der Waals surface area (Å²) < 4.78 is 5.30. The second kappa shape index (κ2) is 5.80. The van der Waals surface area contributed by atoms with E-state index in [4.69, 9.17) is 4.74 Å². The number of anilines is 1. The second-order valence-corrected chi connectivity index (χ2v) is 6.10. The molecule has 3 rings (SSSR count). The zero-order valence-corrected chi connectivity index (χ0v) is 13.0. The molecule has 0 aromatic heterocycles. The third-order valence-electron chi connectivity index (χ3n) is 4.45. The fraction of sp³-hybridized carbons (Fsp3) is 0.368. The summed E-state index contributed by atoms with van der Waals surface area (Å²) in [6.45, 7) is 4.22. The van der Waals surface area contributed by atoms with Crippen molar-refractivity contribution < 1.29 is 4.74 Å². The summed E-state index contributed by atoms with van der Waals surface area (Å²) in [4.78, 5) is 0. The van der Waals surface area contributed by atoms with Gasteiger partial charge >= 0.3 is 0 Å². The Morgan fingerprint density at radius 1 is 1.00 bits per heavy atom. The molecule has 0 bridgehead atoms. The third-order valence-corrected chi connectivity index (χ3v) is 4.45. The molecule has 0 radical (unpaired) electrons. The van der Waals surface area contributed by atoms with Gasteiger partial charge in [0.25, 0.3) is 0 Å². The van der Waals surface area contributed by atoms with Gasteiger partial charge < -0.3 is 10.1 Å². The van der Waals surface area contributed by atoms with Crippen LogP contribution in [-0.2, 0) is 0 Å². The highest BCUT2D eigenvalue weighted by atomic mass is 16.5. The van der Waals surface area contributed by atoms with E-state index < -0.39 is 0 Å². The van der Waals surface area contributed by atoms with E-state index in [1.165, 1.54) is 35.2 Å². The molecule has 1 N–H and O–H groups in total. The number of rotatable bonds is 4. The molecule has 110 valence electrons. The van der Waals surface area contributed by atoms with Crippen molar-refractivity contribution >= 4 is 5.69 Å². The molecule has 0 saturated heterocycles. The lowest BCUT2D eigenvalue weighted by atomic mass is 9.75. The van der Waals surface area contributed by atoms with Crippen molar-refractivity contribution in [1.29, 1.82) is 0 Å². The topological polar surface area (TPSA) is 21.3 Å². The predicted octanol–water partition coefficient (Wildman–Crippen LogP) is 4.67. The Bertz CT molecular complexity index is 612. The van der Waals surface area contributed by atoms with Crippen molar-refractivity contribution in [1.82, 2.24) is 0 Å². The molecule has 0 spiro atoms. The number of aryl methyl sites for hydroxylation is 2. The highest BCUT2D eigenvalue weighted by molar-refractivity contribution is 5.52. The van der Waals surface area contributed by atoms with Crippen molar-refractivity contribution in [2.75, 3.05) is 12.4 Å². The van der Waals surface area contributed by atoms with Crippen LogP contribution in [-0.4, -0.2) is 13.2 Å². The summed E-state index contributed by atoms with van der Waals surface area (Å²) in [6.07, 6.45) is 2.43. The quantitative estimate of drug-likeness (QED) is 0.879. The number of methoxy groups -OCH3 is 1. The van der Waals surface area contributed by atoms with E-state index >= 15 is 0 Å². The highest BCUT2D eigenvalue weighted by Gasteiger charge is 2.30. The van der Waals surface area contributed by atoms with Crippen molar-refractivity contribution in [3.05, 3.63) is 59.2 Å². The largest absolute Gasteiger partial charge is 0.496 e. The molecule has 2 heteroatoms. The third kappa shape index (κ3) is 3.05. The molecule has 2 nitrogen and oxygen atoms in total. The number of ether oxygens (including phenoxy) is 1. The molecule has 1 fully saturated rings. The molecule has 0 aliphatic heterocycles. The molecule has 21 heavy (non-hydrogen) atoms. The Balaban J connectivity index is 1.57. The maximum Gasteiger partial charge on any atom is 0.121 e. The molecular formula is C19H23NO. The van der Waals surface area contributed by atoms with Crippen LogP contribution in [0.1, 0.15) is 35.4 Å². The minimum Gasteiger partial charge on any atom is -0.496 e. The van der Waals surface area contributed by atoms with Gasteiger partial charge in [-0.3, -0.25) is 0 Å². The van der Waals surface area contributed by atoms with Crippen LogP contribution in [0.15, 0.2) is 42.5 Å². The van der Waals surface area contributed by atoms with E-state index in [-0.39, 0.29) is 0 Å². The normalized spacial score (nSPS) is 20.7. The lowest BCUT2D eigenvalue weighted by Crippen LogP contribution is -2.33. The van der Waals surface area contributed by atoms with Gasteiger partial charge in [-0.1, -0.05) is 29.8 Å². The first-order valence-corrected chi connectivity index (χ1v) is 7.63. The SMILES string of the molecule is COc1ccc(NC2CC(c3ccc(C)cc3)C2)cc1C. The smallest absolute Gasteiger partial charge is 0.121 e. The van der Waals surface area contributed by atoms with Crippen LogP contribution in [0, 0.1) is 13.8 Å². The van der Waals surface area contributed by atoms with Gasteiger partial charge in [0.1, 0.15) is 5.75 Å². The van der Waals surface area contributed by atoms with Crippen molar-refractivity contribution in [2.24, 2.45) is 0 Å². The van der Waals surface area contributed by atoms with Crippen molar-refractivity contribution in [3.63, 3.8) is 0 Å². The number of hydrogen-bond donors (Lipinski definition) is 1. The Kier molecular flexibility index (Phi) is 3.87. The number of benzene rings is 2. The summed E-state index contributed by atoms with van der Waals surface area (Å²) in [6, 6.07) is 15.9. The Labute approximate surface area is 127 Å². The van der Waals surface area contributed by atoms with Crippen LogP contribution in [0.4, 0.5) is 5.69 Å². The van der Waals surface area contributed by atoms with Gasteiger partial charge in [-0.2, -0.15) is 0 Å². The molecule has 2 aromatic carbocycles. The molecule has 2 aromatic rings. The van der Waals surface area contributed by atoms with Gasteiger partial charge in [0, 0.05) is 11.7 Å². The van der Waals surface area contributed by atoms with E-state index in [1.54, 1.807) is 7.11 Å². The minimum atomic E-state index is 0.587. The average molecular weight is 281 g/mol. The highest BCUT2D eigenvalue weighted by Crippen LogP contribution is 2.38. The first kappa shape index (κ1) is 14.0. The monoisotopic (exact) mass is 281 g/mol. The fourth-order valence-corrected chi connectivity index (χ4v) is 3.05. The van der Waals surface area contributed by atoms with Crippen LogP contribution in [0.25, 0.3) is 0 Å². The molecule has 0 heterocycles. The molecule has 0 atom stereocenters. The Hall–Kier alpha value is -1.96. The van der Waals surface area contributed by atoms with Crippen LogP contribution in [0.2, 0.25) is 0 Å². The van der Waals surface area contributed by atoms with E-state index in [9.17, 15) is 0 Å². The second-order valence-electron chi connectivity index (χ2n) is 6.10. The van der Waals surface area contributed by atoms with E-state index in [0.29, 0.717) is 12.0 Å². The maximum absolute atomic E-state index is 5.30. The lowest BCUT2D eigenvalue weighted by Gasteiger charge is -2.37. The number of hydrogen-bond acceptors (Lipinski definition) is 2. The summed E-state index contributed by atoms with van der Waals surface area (Å²) in [5.74, 6) is 1.66. The summed E-state index contributed by atoms with van der Waals surface area (Å²) in [5.41, 5.74) is 5.18. The Morgan fingerprint density at radius 2 is 1.71 bits per heavy atom. The first-order chi connectivity index (χ1) is 10.2. The first-order valence-electron chi connectivity index (χ1n) is 7.63. The summed E-state index contributed by atoms with van der Waals surface area (Å²) in [7, 11) is 1.72. The van der Waals surface area contributed by atoms with Crippen LogP contribution in [0.3, 0.4) is 0 Å². The van der Waals surface area contributed by atoms with E-state index in [1.807, 2.05) is 6.07 Å². The maximum atomic E-state index is 5.30. The van der Waals surface area contributed by atoms with Gasteiger partial charge in [-0.05, 0) is 61.9 Å². The van der Waals surface area contributed by atoms with Crippen LogP contribution in [0.5, 0.6) is 5.75 Å². The zero-order chi connectivity index (χ0) is 14.8. The lowest BCUT2D eigenvalue weighted by molar-refractivity contribution is 0.374. The average Bonchev–Trinajstić information content (AvgIpc) is 2.44. The van der Waals surface area contributed by atoms with E-state index in [0.717, 1.165) is 5.75 Å². The predicted molar refractivity (Wildman–Crippen MR) is 88.3 cm³/mol. The fourth-order valence-electron chi connectivity index (χ4n) is 3.05. The molecule has 0 unspecified atom stereocenters. The number of nitrogens with one attached hydrogen (secondary N) is 1. The van der Waals surface area contributed by atoms with Gasteiger partial charge in [-0.15, -0.1) is 0 Å². The molecule has 1 aliphatic carbocycles. The van der Waals surface area contributed by atoms with Gasteiger partial charge in [0.05, 0.1) is 7.11 Å². The Morgan fingerprint density at radius 3 is 2.33 bits per heavy atom. The van der Waals surface area contributed by atoms with Gasteiger partial charge in [0.15, 0.2) is 0 Å². The molecule has 1 aliphatic rings. The van der Waals surface area contributed by atoms with Crippen molar-refractivity contribution in [2.45, 2.75) is 38.6 Å². The van der Waals surface area contributed by atoms with Gasteiger partial charge in [-0.25, -0.2) is 0 Å². The van der Waals surface area contributed by atoms with Crippen molar-refractivity contribution in [3.8, 4) is 5.75 Å².